The number of benzene rings is 1. The third kappa shape index (κ3) is 2.66. The van der Waals surface area contributed by atoms with Gasteiger partial charge in [-0.1, -0.05) is 18.2 Å². The van der Waals surface area contributed by atoms with Crippen LogP contribution in [0.5, 0.6) is 0 Å². The van der Waals surface area contributed by atoms with Crippen molar-refractivity contribution in [1.82, 2.24) is 10.2 Å². The van der Waals surface area contributed by atoms with Crippen molar-refractivity contribution in [3.63, 3.8) is 0 Å². The van der Waals surface area contributed by atoms with Gasteiger partial charge in [0.1, 0.15) is 5.82 Å². The van der Waals surface area contributed by atoms with E-state index >= 15 is 0 Å². The minimum absolute atomic E-state index is 0.0681. The van der Waals surface area contributed by atoms with Crippen LogP contribution in [0.15, 0.2) is 24.3 Å². The highest BCUT2D eigenvalue weighted by Crippen LogP contribution is 2.32. The highest BCUT2D eigenvalue weighted by Gasteiger charge is 2.41. The van der Waals surface area contributed by atoms with Gasteiger partial charge in [0.2, 0.25) is 11.8 Å². The van der Waals surface area contributed by atoms with Crippen molar-refractivity contribution >= 4 is 11.8 Å². The van der Waals surface area contributed by atoms with Crippen molar-refractivity contribution in [2.45, 2.75) is 31.8 Å². The third-order valence-electron chi connectivity index (χ3n) is 3.93. The highest BCUT2D eigenvalue weighted by atomic mass is 19.1. The SMILES string of the molecule is O=C(NCc1ccccc1F)C1CC(=O)N(C2CC2)C1. The predicted molar refractivity (Wildman–Crippen MR) is 71.1 cm³/mol. The largest absolute Gasteiger partial charge is 0.352 e. The van der Waals surface area contributed by atoms with Crippen molar-refractivity contribution in [3.8, 4) is 0 Å². The molecule has 5 heteroatoms. The van der Waals surface area contributed by atoms with Crippen molar-refractivity contribution in [3.05, 3.63) is 35.6 Å². The van der Waals surface area contributed by atoms with Gasteiger partial charge in [0.05, 0.1) is 5.92 Å². The molecule has 1 saturated heterocycles. The second-order valence-electron chi connectivity index (χ2n) is 5.49. The maximum atomic E-state index is 13.4. The lowest BCUT2D eigenvalue weighted by molar-refractivity contribution is -0.129. The minimum atomic E-state index is -0.324. The first-order valence-corrected chi connectivity index (χ1v) is 6.95. The van der Waals surface area contributed by atoms with Gasteiger partial charge in [-0.05, 0) is 18.9 Å². The molecule has 1 aliphatic carbocycles. The number of nitrogens with one attached hydrogen (secondary N) is 1. The number of hydrogen-bond donors (Lipinski definition) is 1. The zero-order valence-corrected chi connectivity index (χ0v) is 11.1. The predicted octanol–water partition coefficient (Wildman–Crippen LogP) is 1.45. The van der Waals surface area contributed by atoms with Crippen LogP contribution in [0.2, 0.25) is 0 Å². The van der Waals surface area contributed by atoms with Crippen LogP contribution in [0.4, 0.5) is 4.39 Å². The number of halogens is 1. The average molecular weight is 276 g/mol. The molecule has 106 valence electrons. The van der Waals surface area contributed by atoms with E-state index in [1.165, 1.54) is 6.07 Å². The number of hydrogen-bond acceptors (Lipinski definition) is 2. The first-order chi connectivity index (χ1) is 9.65. The molecule has 1 atom stereocenters. The number of nitrogens with zero attached hydrogens (tertiary/aromatic N) is 1. The van der Waals surface area contributed by atoms with Gasteiger partial charge in [-0.25, -0.2) is 4.39 Å². The maximum absolute atomic E-state index is 13.4. The molecule has 0 spiro atoms. The summed E-state index contributed by atoms with van der Waals surface area (Å²) in [5, 5.41) is 2.72. The van der Waals surface area contributed by atoms with E-state index in [2.05, 4.69) is 5.32 Å². The van der Waals surface area contributed by atoms with Gasteiger partial charge in [-0.15, -0.1) is 0 Å². The fourth-order valence-electron chi connectivity index (χ4n) is 2.61. The van der Waals surface area contributed by atoms with Gasteiger partial charge >= 0.3 is 0 Å². The Morgan fingerprint density at radius 2 is 2.10 bits per heavy atom. The van der Waals surface area contributed by atoms with Crippen molar-refractivity contribution in [1.29, 1.82) is 0 Å². The molecule has 0 bridgehead atoms. The Bertz CT molecular complexity index is 542. The van der Waals surface area contributed by atoms with E-state index in [1.54, 1.807) is 18.2 Å². The molecule has 0 radical (unpaired) electrons. The average Bonchev–Trinajstić information content (AvgIpc) is 3.20. The quantitative estimate of drug-likeness (QED) is 0.905. The number of amides is 2. The topological polar surface area (TPSA) is 49.4 Å². The third-order valence-corrected chi connectivity index (χ3v) is 3.93. The maximum Gasteiger partial charge on any atom is 0.225 e. The summed E-state index contributed by atoms with van der Waals surface area (Å²) in [6, 6.07) is 6.72. The van der Waals surface area contributed by atoms with E-state index in [4.69, 9.17) is 0 Å². The lowest BCUT2D eigenvalue weighted by atomic mass is 10.1. The summed E-state index contributed by atoms with van der Waals surface area (Å²) < 4.78 is 13.4. The molecule has 2 aliphatic rings. The van der Waals surface area contributed by atoms with Gasteiger partial charge in [-0.3, -0.25) is 9.59 Å². The number of rotatable bonds is 4. The Balaban J connectivity index is 1.55. The van der Waals surface area contributed by atoms with E-state index in [-0.39, 0.29) is 36.5 Å². The van der Waals surface area contributed by atoms with E-state index in [0.717, 1.165) is 12.8 Å². The first-order valence-electron chi connectivity index (χ1n) is 6.95. The van der Waals surface area contributed by atoms with Crippen LogP contribution in [-0.2, 0) is 16.1 Å². The second-order valence-corrected chi connectivity index (χ2v) is 5.49. The molecular weight excluding hydrogens is 259 g/mol. The van der Waals surface area contributed by atoms with Crippen LogP contribution < -0.4 is 5.32 Å². The smallest absolute Gasteiger partial charge is 0.225 e. The monoisotopic (exact) mass is 276 g/mol. The van der Waals surface area contributed by atoms with Crippen LogP contribution in [0.3, 0.4) is 0 Å². The molecule has 2 fully saturated rings. The zero-order valence-electron chi connectivity index (χ0n) is 11.1. The van der Waals surface area contributed by atoms with Crippen molar-refractivity contribution in [2.24, 2.45) is 5.92 Å². The fraction of sp³-hybridized carbons (Fsp3) is 0.467. The van der Waals surface area contributed by atoms with E-state index in [9.17, 15) is 14.0 Å². The molecule has 1 saturated carbocycles. The van der Waals surface area contributed by atoms with Crippen LogP contribution in [0.25, 0.3) is 0 Å². The molecular formula is C15H17FN2O2. The Morgan fingerprint density at radius 1 is 1.35 bits per heavy atom. The second kappa shape index (κ2) is 5.23. The Hall–Kier alpha value is -1.91. The number of carbonyl (C=O) groups is 2. The van der Waals surface area contributed by atoms with Crippen molar-refractivity contribution < 1.29 is 14.0 Å². The van der Waals surface area contributed by atoms with Gasteiger partial charge in [0, 0.05) is 31.1 Å². The molecule has 1 aliphatic heterocycles. The van der Waals surface area contributed by atoms with Crippen LogP contribution >= 0.6 is 0 Å². The minimum Gasteiger partial charge on any atom is -0.352 e. The van der Waals surface area contributed by atoms with E-state index < -0.39 is 0 Å². The normalized spacial score (nSPS) is 22.1. The van der Waals surface area contributed by atoms with Crippen LogP contribution in [0, 0.1) is 11.7 Å². The molecule has 2 amide bonds. The summed E-state index contributed by atoms with van der Waals surface area (Å²) in [5.41, 5.74) is 0.462. The van der Waals surface area contributed by atoms with Gasteiger partial charge in [-0.2, -0.15) is 0 Å². The standard InChI is InChI=1S/C15H17FN2O2/c16-13-4-2-1-3-10(13)8-17-15(20)11-7-14(19)18(9-11)12-5-6-12/h1-4,11-12H,5-9H2,(H,17,20). The van der Waals surface area contributed by atoms with Crippen molar-refractivity contribution in [2.75, 3.05) is 6.54 Å². The van der Waals surface area contributed by atoms with Gasteiger partial charge in [0.15, 0.2) is 0 Å². The molecule has 1 N–H and O–H groups in total. The van der Waals surface area contributed by atoms with E-state index in [0.29, 0.717) is 18.2 Å². The van der Waals surface area contributed by atoms with Gasteiger partial charge in [0.25, 0.3) is 0 Å². The molecule has 20 heavy (non-hydrogen) atoms. The fourth-order valence-corrected chi connectivity index (χ4v) is 2.61. The molecule has 1 unspecified atom stereocenters. The molecule has 1 aromatic rings. The lowest BCUT2D eigenvalue weighted by Gasteiger charge is -2.15. The molecule has 3 rings (SSSR count). The van der Waals surface area contributed by atoms with E-state index in [1.807, 2.05) is 4.90 Å². The Morgan fingerprint density at radius 3 is 2.80 bits per heavy atom. The Labute approximate surface area is 117 Å². The summed E-state index contributed by atoms with van der Waals surface area (Å²) in [6.45, 7) is 0.673. The highest BCUT2D eigenvalue weighted by molar-refractivity contribution is 5.89. The number of likely N-dealkylation sites (tertiary alicyclic amines) is 1. The summed E-state index contributed by atoms with van der Waals surface area (Å²) >= 11 is 0. The Kier molecular flexibility index (Phi) is 3.42. The van der Waals surface area contributed by atoms with Crippen LogP contribution in [0.1, 0.15) is 24.8 Å². The molecule has 1 heterocycles. The molecule has 1 aromatic carbocycles. The van der Waals surface area contributed by atoms with Gasteiger partial charge < -0.3 is 10.2 Å². The molecule has 4 nitrogen and oxygen atoms in total. The zero-order chi connectivity index (χ0) is 14.1. The first kappa shape index (κ1) is 13.1. The number of carbonyl (C=O) groups excluding carboxylic acids is 2. The summed E-state index contributed by atoms with van der Waals surface area (Å²) in [7, 11) is 0. The summed E-state index contributed by atoms with van der Waals surface area (Å²) in [4.78, 5) is 25.6. The lowest BCUT2D eigenvalue weighted by Crippen LogP contribution is -2.33. The summed E-state index contributed by atoms with van der Waals surface area (Å²) in [6.07, 6.45) is 2.38. The molecule has 0 aromatic heterocycles. The summed E-state index contributed by atoms with van der Waals surface area (Å²) in [5.74, 6) is -0.715. The van der Waals surface area contributed by atoms with Crippen LogP contribution in [-0.4, -0.2) is 29.3 Å².